The molecular formula is C46H33N3O. The largest absolute Gasteiger partial charge is 0.456 e. The normalized spacial score (nSPS) is 17.0. The fourth-order valence-electron chi connectivity index (χ4n) is 7.91. The molecule has 1 aliphatic heterocycles. The fraction of sp³-hybridized carbons (Fsp3) is 0.109. The van der Waals surface area contributed by atoms with Crippen molar-refractivity contribution >= 4 is 76.6 Å². The number of hydrogen-bond donors (Lipinski definition) is 0. The van der Waals surface area contributed by atoms with Crippen molar-refractivity contribution in [3.63, 3.8) is 0 Å². The highest BCUT2D eigenvalue weighted by Crippen LogP contribution is 2.37. The van der Waals surface area contributed by atoms with Crippen LogP contribution in [0.3, 0.4) is 0 Å². The van der Waals surface area contributed by atoms with Crippen molar-refractivity contribution in [1.82, 2.24) is 4.98 Å². The van der Waals surface area contributed by atoms with Crippen LogP contribution in [0, 0.1) is 5.92 Å². The number of pyridine rings is 1. The molecule has 2 atom stereocenters. The van der Waals surface area contributed by atoms with Gasteiger partial charge in [-0.2, -0.15) is 0 Å². The number of para-hydroxylation sites is 1. The Balaban J connectivity index is 1.14. The Morgan fingerprint density at radius 3 is 2.28 bits per heavy atom. The maximum Gasteiger partial charge on any atom is 0.155 e. The summed E-state index contributed by atoms with van der Waals surface area (Å²) >= 11 is 0. The van der Waals surface area contributed by atoms with Gasteiger partial charge >= 0.3 is 0 Å². The molecule has 0 N–H and O–H groups in total. The van der Waals surface area contributed by atoms with Gasteiger partial charge in [0.25, 0.3) is 0 Å². The highest BCUT2D eigenvalue weighted by Gasteiger charge is 2.24. The molecule has 0 aliphatic carbocycles. The van der Waals surface area contributed by atoms with Crippen LogP contribution in [-0.2, 0) is 0 Å². The van der Waals surface area contributed by atoms with E-state index in [2.05, 4.69) is 133 Å². The second-order valence-corrected chi connectivity index (χ2v) is 13.7. The predicted molar refractivity (Wildman–Crippen MR) is 209 cm³/mol. The van der Waals surface area contributed by atoms with E-state index in [1.807, 2.05) is 24.5 Å². The summed E-state index contributed by atoms with van der Waals surface area (Å²) in [4.78, 5) is 15.4. The van der Waals surface area contributed by atoms with Gasteiger partial charge in [-0.05, 0) is 104 Å². The van der Waals surface area contributed by atoms with Crippen LogP contribution in [0.1, 0.15) is 42.5 Å². The van der Waals surface area contributed by atoms with E-state index >= 15 is 0 Å². The minimum Gasteiger partial charge on any atom is -0.456 e. The van der Waals surface area contributed by atoms with E-state index < -0.39 is 0 Å². The average Bonchev–Trinajstić information content (AvgIpc) is 3.52. The number of amidine groups is 1. The van der Waals surface area contributed by atoms with Crippen molar-refractivity contribution in [2.45, 2.75) is 25.8 Å². The molecule has 0 spiro atoms. The summed E-state index contributed by atoms with van der Waals surface area (Å²) in [5, 5.41) is 11.8. The van der Waals surface area contributed by atoms with Crippen molar-refractivity contribution in [3.8, 4) is 0 Å². The Morgan fingerprint density at radius 1 is 0.580 bits per heavy atom. The maximum absolute atomic E-state index is 6.26. The Hall–Kier alpha value is -6.13. The number of hydrogen-bond acceptors (Lipinski definition) is 4. The number of nitrogens with zero attached hydrogens (tertiary/aromatic N) is 3. The highest BCUT2D eigenvalue weighted by atomic mass is 16.3. The quantitative estimate of drug-likeness (QED) is 0.180. The molecule has 0 saturated heterocycles. The van der Waals surface area contributed by atoms with Crippen LogP contribution < -0.4 is 0 Å². The third-order valence-electron chi connectivity index (χ3n) is 10.6. The van der Waals surface area contributed by atoms with E-state index in [1.54, 1.807) is 0 Å². The summed E-state index contributed by atoms with van der Waals surface area (Å²) in [6.45, 7) is 2.33. The molecule has 1 aliphatic rings. The highest BCUT2D eigenvalue weighted by molar-refractivity contribution is 6.21. The van der Waals surface area contributed by atoms with Crippen LogP contribution in [0.2, 0.25) is 0 Å². The lowest BCUT2D eigenvalue weighted by atomic mass is 9.88. The smallest absolute Gasteiger partial charge is 0.155 e. The number of furan rings is 1. The van der Waals surface area contributed by atoms with Crippen molar-refractivity contribution in [3.05, 3.63) is 163 Å². The molecule has 4 heteroatoms. The summed E-state index contributed by atoms with van der Waals surface area (Å²) in [5.41, 5.74) is 6.25. The Bertz CT molecular complexity index is 2850. The predicted octanol–water partition coefficient (Wildman–Crippen LogP) is 12.0. The summed E-state index contributed by atoms with van der Waals surface area (Å²) in [5.74, 6) is 1.10. The van der Waals surface area contributed by atoms with Crippen LogP contribution >= 0.6 is 0 Å². The third-order valence-corrected chi connectivity index (χ3v) is 10.6. The van der Waals surface area contributed by atoms with Gasteiger partial charge in [0.1, 0.15) is 11.2 Å². The first-order valence-electron chi connectivity index (χ1n) is 17.4. The molecular weight excluding hydrogens is 611 g/mol. The van der Waals surface area contributed by atoms with E-state index in [-0.39, 0.29) is 6.04 Å². The summed E-state index contributed by atoms with van der Waals surface area (Å²) in [7, 11) is 0. The molecule has 0 fully saturated rings. The van der Waals surface area contributed by atoms with E-state index in [4.69, 9.17) is 14.4 Å². The number of aliphatic imine (C=N–C) groups is 2. The maximum atomic E-state index is 6.26. The van der Waals surface area contributed by atoms with Crippen LogP contribution in [0.5, 0.6) is 0 Å². The lowest BCUT2D eigenvalue weighted by Crippen LogP contribution is -2.18. The first-order chi connectivity index (χ1) is 24.7. The number of fused-ring (bicyclic) bond motifs is 9. The van der Waals surface area contributed by atoms with Crippen molar-refractivity contribution in [1.29, 1.82) is 0 Å². The molecule has 0 bridgehead atoms. The van der Waals surface area contributed by atoms with Gasteiger partial charge in [0.05, 0.1) is 11.8 Å². The van der Waals surface area contributed by atoms with Crippen molar-refractivity contribution < 1.29 is 4.42 Å². The molecule has 50 heavy (non-hydrogen) atoms. The standard InChI is InChI=1S/C46H33N3O/c1-28-11-20-41(34-17-15-32-25-39-38-9-5-6-10-42(38)50-43(39)26-36(32)24-34)48-46(49-45(28)31-7-3-2-4-8-31)35-18-19-37-33(23-35)16-14-30-13-12-29-21-22-47-27-40(29)44(30)37/h2-10,12-19,21-28,45H,11,20H2,1H3. The van der Waals surface area contributed by atoms with Crippen LogP contribution in [-0.4, -0.2) is 16.5 Å². The minimum atomic E-state index is 0.0109. The molecule has 10 rings (SSSR count). The van der Waals surface area contributed by atoms with E-state index in [0.717, 1.165) is 68.2 Å². The SMILES string of the molecule is CC1CCC(c2ccc3cc4c(cc3c2)oc2ccccc24)=NC(c2ccc3c(ccc4ccc5ccncc5c43)c2)=NC1c1ccccc1. The van der Waals surface area contributed by atoms with Crippen molar-refractivity contribution in [2.24, 2.45) is 15.9 Å². The molecule has 0 saturated carbocycles. The van der Waals surface area contributed by atoms with Gasteiger partial charge in [0, 0.05) is 34.1 Å². The van der Waals surface area contributed by atoms with Gasteiger partial charge in [-0.15, -0.1) is 0 Å². The summed E-state index contributed by atoms with van der Waals surface area (Å²) < 4.78 is 6.26. The van der Waals surface area contributed by atoms with Gasteiger partial charge in [0.15, 0.2) is 5.84 Å². The topological polar surface area (TPSA) is 50.8 Å². The second-order valence-electron chi connectivity index (χ2n) is 13.7. The molecule has 0 radical (unpaired) electrons. The van der Waals surface area contributed by atoms with E-state index in [0.29, 0.717) is 5.92 Å². The van der Waals surface area contributed by atoms with Gasteiger partial charge in [-0.3, -0.25) is 9.98 Å². The van der Waals surface area contributed by atoms with Crippen LogP contribution in [0.15, 0.2) is 160 Å². The van der Waals surface area contributed by atoms with E-state index in [9.17, 15) is 0 Å². The zero-order valence-electron chi connectivity index (χ0n) is 27.7. The Morgan fingerprint density at radius 2 is 1.36 bits per heavy atom. The number of benzene rings is 7. The van der Waals surface area contributed by atoms with Gasteiger partial charge in [-0.25, -0.2) is 4.99 Å². The minimum absolute atomic E-state index is 0.0109. The second kappa shape index (κ2) is 11.5. The average molecular weight is 644 g/mol. The van der Waals surface area contributed by atoms with Crippen molar-refractivity contribution in [2.75, 3.05) is 0 Å². The first kappa shape index (κ1) is 28.8. The lowest BCUT2D eigenvalue weighted by Gasteiger charge is -2.25. The Kier molecular flexibility index (Phi) is 6.63. The molecule has 4 nitrogen and oxygen atoms in total. The fourth-order valence-corrected chi connectivity index (χ4v) is 7.91. The number of aromatic nitrogens is 1. The van der Waals surface area contributed by atoms with Gasteiger partial charge in [0.2, 0.25) is 0 Å². The lowest BCUT2D eigenvalue weighted by molar-refractivity contribution is 0.446. The van der Waals surface area contributed by atoms with Gasteiger partial charge < -0.3 is 4.42 Å². The molecule has 9 aromatic rings. The van der Waals surface area contributed by atoms with Crippen LogP contribution in [0.4, 0.5) is 0 Å². The monoisotopic (exact) mass is 643 g/mol. The zero-order valence-corrected chi connectivity index (χ0v) is 27.7. The molecule has 2 aromatic heterocycles. The van der Waals surface area contributed by atoms with Crippen LogP contribution in [0.25, 0.3) is 65.0 Å². The molecule has 2 unspecified atom stereocenters. The third kappa shape index (κ3) is 4.79. The summed E-state index contributed by atoms with van der Waals surface area (Å²) in [6.07, 6.45) is 5.69. The zero-order chi connectivity index (χ0) is 33.2. The van der Waals surface area contributed by atoms with Gasteiger partial charge in [-0.1, -0.05) is 104 Å². The molecule has 3 heterocycles. The van der Waals surface area contributed by atoms with E-state index in [1.165, 1.54) is 37.9 Å². The first-order valence-corrected chi connectivity index (χ1v) is 17.4. The number of rotatable bonds is 3. The molecule has 238 valence electrons. The Labute approximate surface area is 289 Å². The summed E-state index contributed by atoms with van der Waals surface area (Å²) in [6, 6.07) is 47.7. The molecule has 7 aromatic carbocycles. The molecule has 0 amide bonds.